The summed E-state index contributed by atoms with van der Waals surface area (Å²) in [6, 6.07) is 0.831. The highest BCUT2D eigenvalue weighted by molar-refractivity contribution is 5.31. The average molecular weight is 291 g/mol. The maximum absolute atomic E-state index is 12.8. The highest BCUT2D eigenvalue weighted by Crippen LogP contribution is 2.30. The van der Waals surface area contributed by atoms with E-state index in [0.717, 1.165) is 12.5 Å². The van der Waals surface area contributed by atoms with E-state index in [4.69, 9.17) is 4.74 Å². The van der Waals surface area contributed by atoms with Crippen molar-refractivity contribution in [2.45, 2.75) is 46.4 Å². The highest BCUT2D eigenvalue weighted by Gasteiger charge is 2.34. The van der Waals surface area contributed by atoms with E-state index in [-0.39, 0.29) is 17.9 Å². The fourth-order valence-corrected chi connectivity index (χ4v) is 1.79. The summed E-state index contributed by atoms with van der Waals surface area (Å²) in [4.78, 5) is 7.37. The molecule has 0 fully saturated rings. The molecule has 1 N–H and O–H groups in total. The lowest BCUT2D eigenvalue weighted by Gasteiger charge is -2.17. The Balaban J connectivity index is 2.97. The van der Waals surface area contributed by atoms with Gasteiger partial charge in [-0.2, -0.15) is 18.2 Å². The van der Waals surface area contributed by atoms with E-state index in [1.54, 1.807) is 6.92 Å². The van der Waals surface area contributed by atoms with Crippen LogP contribution in [-0.2, 0) is 6.18 Å². The molecule has 1 aromatic heterocycles. The van der Waals surface area contributed by atoms with Gasteiger partial charge in [0.05, 0.1) is 6.10 Å². The van der Waals surface area contributed by atoms with Gasteiger partial charge in [0, 0.05) is 12.6 Å². The number of hydrogen-bond donors (Lipinski definition) is 1. The maximum atomic E-state index is 12.8. The van der Waals surface area contributed by atoms with Crippen molar-refractivity contribution in [2.75, 3.05) is 11.9 Å². The predicted molar refractivity (Wildman–Crippen MR) is 70.7 cm³/mol. The Kier molecular flexibility index (Phi) is 5.59. The molecule has 1 atom stereocenters. The monoisotopic (exact) mass is 291 g/mol. The molecule has 1 aromatic rings. The van der Waals surface area contributed by atoms with Crippen LogP contribution in [0, 0.1) is 5.92 Å². The number of nitrogens with zero attached hydrogens (tertiary/aromatic N) is 2. The third-order valence-corrected chi connectivity index (χ3v) is 2.45. The Morgan fingerprint density at radius 2 is 1.90 bits per heavy atom. The smallest absolute Gasteiger partial charge is 0.433 e. The van der Waals surface area contributed by atoms with Crippen LogP contribution in [0.4, 0.5) is 19.1 Å². The van der Waals surface area contributed by atoms with Crippen LogP contribution in [-0.4, -0.2) is 22.6 Å². The van der Waals surface area contributed by atoms with E-state index in [2.05, 4.69) is 15.3 Å². The molecule has 1 unspecified atom stereocenters. The van der Waals surface area contributed by atoms with Crippen molar-refractivity contribution in [1.82, 2.24) is 9.97 Å². The number of ether oxygens (including phenoxy) is 1. The van der Waals surface area contributed by atoms with Crippen molar-refractivity contribution < 1.29 is 17.9 Å². The number of halogens is 3. The van der Waals surface area contributed by atoms with E-state index in [1.807, 2.05) is 20.8 Å². The largest absolute Gasteiger partial charge is 0.475 e. The molecule has 1 heterocycles. The normalized spacial score (nSPS) is 13.4. The minimum Gasteiger partial charge on any atom is -0.475 e. The molecule has 0 spiro atoms. The van der Waals surface area contributed by atoms with Gasteiger partial charge in [-0.25, -0.2) is 4.98 Å². The lowest BCUT2D eigenvalue weighted by Crippen LogP contribution is -2.18. The highest BCUT2D eigenvalue weighted by atomic mass is 19.4. The van der Waals surface area contributed by atoms with Gasteiger partial charge in [0.2, 0.25) is 11.8 Å². The van der Waals surface area contributed by atoms with Gasteiger partial charge in [0.1, 0.15) is 0 Å². The molecule has 0 aliphatic rings. The van der Waals surface area contributed by atoms with Crippen LogP contribution in [0.1, 0.15) is 39.8 Å². The zero-order valence-electron chi connectivity index (χ0n) is 12.1. The molecule has 4 nitrogen and oxygen atoms in total. The third kappa shape index (κ3) is 5.22. The first-order chi connectivity index (χ1) is 9.22. The number of anilines is 1. The van der Waals surface area contributed by atoms with Crippen molar-refractivity contribution in [3.63, 3.8) is 0 Å². The SMILES string of the molecule is CCNc1nc(OC(C)CC(C)C)cc(C(F)(F)F)n1. The first-order valence-electron chi connectivity index (χ1n) is 6.59. The van der Waals surface area contributed by atoms with Crippen molar-refractivity contribution >= 4 is 5.95 Å². The summed E-state index contributed by atoms with van der Waals surface area (Å²) in [5.41, 5.74) is -1.00. The molecule has 1 rings (SSSR count). The van der Waals surface area contributed by atoms with Crippen LogP contribution in [0.15, 0.2) is 6.07 Å². The lowest BCUT2D eigenvalue weighted by atomic mass is 10.1. The van der Waals surface area contributed by atoms with Crippen LogP contribution in [0.5, 0.6) is 5.88 Å². The minimum atomic E-state index is -4.52. The summed E-state index contributed by atoms with van der Waals surface area (Å²) >= 11 is 0. The van der Waals surface area contributed by atoms with E-state index in [1.165, 1.54) is 0 Å². The third-order valence-electron chi connectivity index (χ3n) is 2.45. The maximum Gasteiger partial charge on any atom is 0.433 e. The first kappa shape index (κ1) is 16.5. The molecule has 114 valence electrons. The first-order valence-corrected chi connectivity index (χ1v) is 6.59. The zero-order valence-corrected chi connectivity index (χ0v) is 12.1. The number of rotatable bonds is 6. The van der Waals surface area contributed by atoms with Crippen molar-refractivity contribution in [1.29, 1.82) is 0 Å². The van der Waals surface area contributed by atoms with E-state index in [9.17, 15) is 13.2 Å². The van der Waals surface area contributed by atoms with E-state index < -0.39 is 11.9 Å². The van der Waals surface area contributed by atoms with Crippen LogP contribution in [0.3, 0.4) is 0 Å². The molecular formula is C13H20F3N3O. The second-order valence-corrected chi connectivity index (χ2v) is 5.00. The summed E-state index contributed by atoms with van der Waals surface area (Å²) in [5.74, 6) is 0.257. The fraction of sp³-hybridized carbons (Fsp3) is 0.692. The molecule has 0 radical (unpaired) electrons. The topological polar surface area (TPSA) is 47.0 Å². The van der Waals surface area contributed by atoms with Crippen LogP contribution in [0.25, 0.3) is 0 Å². The van der Waals surface area contributed by atoms with Crippen LogP contribution < -0.4 is 10.1 Å². The summed E-state index contributed by atoms with van der Waals surface area (Å²) in [5, 5.41) is 2.67. The standard InChI is InChI=1S/C13H20F3N3O/c1-5-17-12-18-10(13(14,15)16)7-11(19-12)20-9(4)6-8(2)3/h7-9H,5-6H2,1-4H3,(H,17,18,19). The van der Waals surface area contributed by atoms with Gasteiger partial charge in [-0.15, -0.1) is 0 Å². The molecular weight excluding hydrogens is 271 g/mol. The molecule has 0 amide bonds. The van der Waals surface area contributed by atoms with Crippen molar-refractivity contribution in [2.24, 2.45) is 5.92 Å². The molecule has 7 heteroatoms. The Labute approximate surface area is 116 Å². The van der Waals surface area contributed by atoms with Crippen molar-refractivity contribution in [3.8, 4) is 5.88 Å². The van der Waals surface area contributed by atoms with Crippen molar-refractivity contribution in [3.05, 3.63) is 11.8 Å². The van der Waals surface area contributed by atoms with Gasteiger partial charge in [-0.1, -0.05) is 13.8 Å². The van der Waals surface area contributed by atoms with Gasteiger partial charge in [0.25, 0.3) is 0 Å². The Morgan fingerprint density at radius 1 is 1.25 bits per heavy atom. The molecule has 0 aliphatic heterocycles. The molecule has 0 saturated carbocycles. The second-order valence-electron chi connectivity index (χ2n) is 5.00. The quantitative estimate of drug-likeness (QED) is 0.867. The van der Waals surface area contributed by atoms with Gasteiger partial charge < -0.3 is 10.1 Å². The van der Waals surface area contributed by atoms with Crippen LogP contribution >= 0.6 is 0 Å². The summed E-state index contributed by atoms with van der Waals surface area (Å²) in [6.07, 6.45) is -3.99. The van der Waals surface area contributed by atoms with Gasteiger partial charge >= 0.3 is 6.18 Å². The molecule has 0 saturated heterocycles. The number of alkyl halides is 3. The molecule has 0 bridgehead atoms. The van der Waals surface area contributed by atoms with Gasteiger partial charge in [-0.05, 0) is 26.2 Å². The average Bonchev–Trinajstić information content (AvgIpc) is 2.26. The number of nitrogens with one attached hydrogen (secondary N) is 1. The number of hydrogen-bond acceptors (Lipinski definition) is 4. The lowest BCUT2D eigenvalue weighted by molar-refractivity contribution is -0.141. The number of aromatic nitrogens is 2. The van der Waals surface area contributed by atoms with E-state index >= 15 is 0 Å². The minimum absolute atomic E-state index is 0.0589. The summed E-state index contributed by atoms with van der Waals surface area (Å²) < 4.78 is 43.7. The van der Waals surface area contributed by atoms with E-state index in [0.29, 0.717) is 12.5 Å². The predicted octanol–water partition coefficient (Wildman–Crippen LogP) is 3.74. The summed E-state index contributed by atoms with van der Waals surface area (Å²) in [7, 11) is 0. The Bertz CT molecular complexity index is 435. The Hall–Kier alpha value is -1.53. The summed E-state index contributed by atoms with van der Waals surface area (Å²) in [6.45, 7) is 8.03. The van der Waals surface area contributed by atoms with Gasteiger partial charge in [-0.3, -0.25) is 0 Å². The fourth-order valence-electron chi connectivity index (χ4n) is 1.79. The molecule has 0 aromatic carbocycles. The van der Waals surface area contributed by atoms with Gasteiger partial charge in [0.15, 0.2) is 5.69 Å². The second kappa shape index (κ2) is 6.76. The van der Waals surface area contributed by atoms with Crippen LogP contribution in [0.2, 0.25) is 0 Å². The zero-order chi connectivity index (χ0) is 15.3. The molecule has 0 aliphatic carbocycles. The molecule has 20 heavy (non-hydrogen) atoms. The Morgan fingerprint density at radius 3 is 2.40 bits per heavy atom.